The van der Waals surface area contributed by atoms with Gasteiger partial charge in [-0.1, -0.05) is 12.2 Å². The topological polar surface area (TPSA) is 178 Å². The second-order valence-electron chi connectivity index (χ2n) is 9.71. The number of imidazole rings is 2. The lowest BCUT2D eigenvalue weighted by molar-refractivity contribution is 0.0992. The Morgan fingerprint density at radius 1 is 0.929 bits per heavy atom. The zero-order chi connectivity index (χ0) is 30.1. The van der Waals surface area contributed by atoms with Crippen molar-refractivity contribution >= 4 is 45.7 Å². The largest absolute Gasteiger partial charge is 0.494 e. The number of aryl methyl sites for hydroxylation is 3. The van der Waals surface area contributed by atoms with Crippen LogP contribution in [0.15, 0.2) is 48.6 Å². The van der Waals surface area contributed by atoms with Gasteiger partial charge in [0.05, 0.1) is 29.4 Å². The van der Waals surface area contributed by atoms with Gasteiger partial charge in [0.1, 0.15) is 22.8 Å². The van der Waals surface area contributed by atoms with E-state index in [-0.39, 0.29) is 17.4 Å². The first-order valence-corrected chi connectivity index (χ1v) is 13.3. The van der Waals surface area contributed by atoms with E-state index >= 15 is 0 Å². The summed E-state index contributed by atoms with van der Waals surface area (Å²) in [5, 5.41) is 7.26. The lowest BCUT2D eigenvalue weighted by Crippen LogP contribution is -2.20. The molecule has 0 spiro atoms. The van der Waals surface area contributed by atoms with E-state index < -0.39 is 11.8 Å². The normalized spacial score (nSPS) is 11.5. The van der Waals surface area contributed by atoms with Gasteiger partial charge in [-0.3, -0.25) is 24.4 Å². The molecule has 0 bridgehead atoms. The van der Waals surface area contributed by atoms with Crippen molar-refractivity contribution in [3.8, 4) is 5.75 Å². The molecule has 2 aromatic carbocycles. The summed E-state index contributed by atoms with van der Waals surface area (Å²) in [5.74, 6) is -0.0672. The zero-order valence-electron chi connectivity index (χ0n) is 23.7. The van der Waals surface area contributed by atoms with Crippen LogP contribution in [0.4, 0.5) is 5.95 Å². The number of amides is 3. The van der Waals surface area contributed by atoms with E-state index in [2.05, 4.69) is 20.4 Å². The molecule has 0 radical (unpaired) electrons. The molecule has 13 heteroatoms. The molecule has 0 atom stereocenters. The maximum atomic E-state index is 13.3. The number of allylic oxidation sites excluding steroid dienone is 2. The Balaban J connectivity index is 1.49. The average Bonchev–Trinajstić information content (AvgIpc) is 3.61. The highest BCUT2D eigenvalue weighted by atomic mass is 16.5. The van der Waals surface area contributed by atoms with E-state index in [1.54, 1.807) is 39.6 Å². The van der Waals surface area contributed by atoms with E-state index in [9.17, 15) is 14.4 Å². The van der Waals surface area contributed by atoms with Gasteiger partial charge in [-0.25, -0.2) is 9.97 Å². The number of carbonyl (C=O) groups is 3. The molecule has 3 amide bonds. The number of hydrogen-bond donors (Lipinski definition) is 3. The minimum absolute atomic E-state index is 0.235. The summed E-state index contributed by atoms with van der Waals surface area (Å²) >= 11 is 0. The number of rotatable bonds is 10. The van der Waals surface area contributed by atoms with Gasteiger partial charge in [-0.15, -0.1) is 0 Å². The second kappa shape index (κ2) is 11.2. The van der Waals surface area contributed by atoms with E-state index in [1.807, 2.05) is 43.6 Å². The number of primary amides is 2. The summed E-state index contributed by atoms with van der Waals surface area (Å²) in [7, 11) is 1.49. The molecule has 13 nitrogen and oxygen atoms in total. The third-order valence-electron chi connectivity index (χ3n) is 6.94. The fraction of sp³-hybridized carbons (Fsp3) is 0.241. The molecule has 0 aliphatic rings. The van der Waals surface area contributed by atoms with Crippen LogP contribution in [0.2, 0.25) is 0 Å². The molecule has 216 valence electrons. The minimum Gasteiger partial charge on any atom is -0.494 e. The van der Waals surface area contributed by atoms with Crippen LogP contribution in [-0.4, -0.2) is 53.7 Å². The summed E-state index contributed by atoms with van der Waals surface area (Å²) in [6.07, 6.45) is 3.90. The van der Waals surface area contributed by atoms with Crippen molar-refractivity contribution in [3.63, 3.8) is 0 Å². The molecule has 3 aromatic heterocycles. The van der Waals surface area contributed by atoms with Gasteiger partial charge in [0.25, 0.3) is 5.91 Å². The lowest BCUT2D eigenvalue weighted by Gasteiger charge is -2.11. The first-order chi connectivity index (χ1) is 20.1. The van der Waals surface area contributed by atoms with E-state index in [4.69, 9.17) is 16.2 Å². The van der Waals surface area contributed by atoms with Crippen LogP contribution in [0.5, 0.6) is 5.75 Å². The van der Waals surface area contributed by atoms with Crippen molar-refractivity contribution in [2.45, 2.75) is 40.4 Å². The highest BCUT2D eigenvalue weighted by Crippen LogP contribution is 2.31. The van der Waals surface area contributed by atoms with Gasteiger partial charge >= 0.3 is 0 Å². The molecule has 0 saturated carbocycles. The molecule has 0 fully saturated rings. The van der Waals surface area contributed by atoms with Crippen molar-refractivity contribution in [3.05, 3.63) is 76.9 Å². The highest BCUT2D eigenvalue weighted by Gasteiger charge is 2.21. The Kier molecular flexibility index (Phi) is 7.49. The number of nitrogens with one attached hydrogen (secondary N) is 1. The third kappa shape index (κ3) is 5.19. The van der Waals surface area contributed by atoms with Crippen molar-refractivity contribution in [2.24, 2.45) is 11.5 Å². The van der Waals surface area contributed by atoms with Crippen molar-refractivity contribution < 1.29 is 19.1 Å². The zero-order valence-corrected chi connectivity index (χ0v) is 23.7. The molecule has 5 aromatic rings. The quantitative estimate of drug-likeness (QED) is 0.216. The van der Waals surface area contributed by atoms with Crippen LogP contribution in [-0.2, 0) is 19.6 Å². The molecular weight excluding hydrogens is 538 g/mol. The summed E-state index contributed by atoms with van der Waals surface area (Å²) in [5.41, 5.74) is 15.3. The maximum Gasteiger partial charge on any atom is 0.276 e. The Hall–Kier alpha value is -5.46. The van der Waals surface area contributed by atoms with E-state index in [0.717, 1.165) is 17.0 Å². The van der Waals surface area contributed by atoms with Gasteiger partial charge in [0.2, 0.25) is 17.8 Å². The molecule has 5 rings (SSSR count). The monoisotopic (exact) mass is 569 g/mol. The predicted molar refractivity (Wildman–Crippen MR) is 158 cm³/mol. The summed E-state index contributed by atoms with van der Waals surface area (Å²) in [6.45, 7) is 6.96. The standard InChI is InChI=1S/C29H31N9O4/c1-5-38-23(12-16(2)35-38)28(41)34-29-33-21-14-19(27(31)40)15-24(42-4)25(21)37(29)11-7-6-10-36-17(3)32-20-13-18(26(30)39)8-9-22(20)36/h6-9,12-15H,5,10-11H2,1-4H3,(H2,30,39)(H2,31,40)(H,33,34,41). The van der Waals surface area contributed by atoms with Crippen LogP contribution >= 0.6 is 0 Å². The Morgan fingerprint density at radius 2 is 1.62 bits per heavy atom. The second-order valence-corrected chi connectivity index (χ2v) is 9.71. The highest BCUT2D eigenvalue weighted by molar-refractivity contribution is 6.04. The van der Waals surface area contributed by atoms with Crippen LogP contribution in [0.1, 0.15) is 49.6 Å². The fourth-order valence-corrected chi connectivity index (χ4v) is 4.93. The average molecular weight is 570 g/mol. The lowest BCUT2D eigenvalue weighted by atomic mass is 10.1. The van der Waals surface area contributed by atoms with Gasteiger partial charge < -0.3 is 25.3 Å². The van der Waals surface area contributed by atoms with Crippen LogP contribution < -0.4 is 21.5 Å². The minimum atomic E-state index is -0.622. The SMILES string of the molecule is CCn1nc(C)cc1C(=O)Nc1nc2cc(C(N)=O)cc(OC)c2n1CC=CCn1c(C)nc2cc(C(N)=O)ccc21. The molecule has 3 heterocycles. The number of fused-ring (bicyclic) bond motifs is 2. The number of aromatic nitrogens is 6. The summed E-state index contributed by atoms with van der Waals surface area (Å²) in [4.78, 5) is 46.0. The molecular formula is C29H31N9O4. The number of nitrogens with zero attached hydrogens (tertiary/aromatic N) is 6. The number of methoxy groups -OCH3 is 1. The summed E-state index contributed by atoms with van der Waals surface area (Å²) < 4.78 is 11.0. The van der Waals surface area contributed by atoms with Gasteiger partial charge in [0.15, 0.2) is 0 Å². The first-order valence-electron chi connectivity index (χ1n) is 13.3. The molecule has 0 unspecified atom stereocenters. The Bertz CT molecular complexity index is 1890. The Morgan fingerprint density at radius 3 is 2.29 bits per heavy atom. The van der Waals surface area contributed by atoms with E-state index in [1.165, 1.54) is 7.11 Å². The third-order valence-corrected chi connectivity index (χ3v) is 6.94. The van der Waals surface area contributed by atoms with Gasteiger partial charge in [0, 0.05) is 30.8 Å². The maximum absolute atomic E-state index is 13.3. The van der Waals surface area contributed by atoms with Gasteiger partial charge in [-0.05, 0) is 57.2 Å². The Labute approximate surface area is 240 Å². The number of hydrogen-bond acceptors (Lipinski definition) is 7. The fourth-order valence-electron chi connectivity index (χ4n) is 4.93. The van der Waals surface area contributed by atoms with Crippen molar-refractivity contribution in [1.29, 1.82) is 0 Å². The first kappa shape index (κ1) is 28.1. The number of anilines is 1. The smallest absolute Gasteiger partial charge is 0.276 e. The van der Waals surface area contributed by atoms with Gasteiger partial charge in [-0.2, -0.15) is 5.10 Å². The van der Waals surface area contributed by atoms with Crippen molar-refractivity contribution in [2.75, 3.05) is 12.4 Å². The molecule has 0 saturated heterocycles. The predicted octanol–water partition coefficient (Wildman–Crippen LogP) is 2.93. The number of benzene rings is 2. The number of nitrogens with two attached hydrogens (primary N) is 2. The number of carbonyl (C=O) groups excluding carboxylic acids is 3. The molecule has 0 aliphatic heterocycles. The van der Waals surface area contributed by atoms with Crippen molar-refractivity contribution in [1.82, 2.24) is 28.9 Å². The van der Waals surface area contributed by atoms with Crippen LogP contribution in [0.25, 0.3) is 22.1 Å². The molecule has 0 aliphatic carbocycles. The van der Waals surface area contributed by atoms with Crippen LogP contribution in [0.3, 0.4) is 0 Å². The number of ether oxygens (including phenoxy) is 1. The summed E-state index contributed by atoms with van der Waals surface area (Å²) in [6, 6.07) is 10.0. The molecule has 5 N–H and O–H groups in total. The van der Waals surface area contributed by atoms with Crippen LogP contribution in [0, 0.1) is 13.8 Å². The van der Waals surface area contributed by atoms with E-state index in [0.29, 0.717) is 53.2 Å². The molecule has 42 heavy (non-hydrogen) atoms.